The summed E-state index contributed by atoms with van der Waals surface area (Å²) in [6, 6.07) is 16.6. The van der Waals surface area contributed by atoms with Crippen LogP contribution in [-0.2, 0) is 5.54 Å². The van der Waals surface area contributed by atoms with Crippen molar-refractivity contribution in [3.8, 4) is 0 Å². The molecule has 1 nitrogen and oxygen atoms in total. The number of hydrogen-bond acceptors (Lipinski definition) is 1. The van der Waals surface area contributed by atoms with Crippen LogP contribution >= 0.6 is 0 Å². The van der Waals surface area contributed by atoms with E-state index in [1.54, 1.807) is 0 Å². The predicted molar refractivity (Wildman–Crippen MR) is 73.0 cm³/mol. The van der Waals surface area contributed by atoms with Crippen LogP contribution in [0, 0.1) is 13.8 Å². The summed E-state index contributed by atoms with van der Waals surface area (Å²) < 4.78 is 0. The summed E-state index contributed by atoms with van der Waals surface area (Å²) >= 11 is 0. The Bertz CT molecular complexity index is 479. The molecule has 0 radical (unpaired) electrons. The summed E-state index contributed by atoms with van der Waals surface area (Å²) in [5.41, 5.74) is 11.0. The fourth-order valence-corrected chi connectivity index (χ4v) is 2.46. The highest BCUT2D eigenvalue weighted by atomic mass is 14.7. The van der Waals surface area contributed by atoms with Gasteiger partial charge in [-0.15, -0.1) is 0 Å². The zero-order chi connectivity index (χ0) is 12.5. The van der Waals surface area contributed by atoms with Crippen molar-refractivity contribution in [1.82, 2.24) is 0 Å². The van der Waals surface area contributed by atoms with Crippen LogP contribution in [-0.4, -0.2) is 0 Å². The van der Waals surface area contributed by atoms with E-state index in [1.807, 2.05) is 24.3 Å². The Kier molecular flexibility index (Phi) is 3.03. The van der Waals surface area contributed by atoms with Crippen molar-refractivity contribution < 1.29 is 0 Å². The maximum Gasteiger partial charge on any atom is 0.0642 e. The molecule has 2 aromatic carbocycles. The second-order valence-electron chi connectivity index (χ2n) is 4.83. The molecule has 0 saturated heterocycles. The molecule has 0 aromatic heterocycles. The number of aryl methyl sites for hydroxylation is 2. The second-order valence-corrected chi connectivity index (χ2v) is 4.83. The maximum atomic E-state index is 6.56. The van der Waals surface area contributed by atoms with Crippen molar-refractivity contribution in [2.75, 3.05) is 0 Å². The van der Waals surface area contributed by atoms with Crippen molar-refractivity contribution in [3.05, 3.63) is 70.8 Å². The summed E-state index contributed by atoms with van der Waals surface area (Å²) in [5, 5.41) is 0. The van der Waals surface area contributed by atoms with Gasteiger partial charge in [-0.2, -0.15) is 0 Å². The molecule has 0 atom stereocenters. The molecule has 17 heavy (non-hydrogen) atoms. The van der Waals surface area contributed by atoms with E-state index in [0.717, 1.165) is 0 Å². The molecule has 0 bridgehead atoms. The van der Waals surface area contributed by atoms with E-state index in [4.69, 9.17) is 5.73 Å². The zero-order valence-corrected chi connectivity index (χ0v) is 10.7. The number of nitrogens with two attached hydrogens (primary N) is 1. The standard InChI is InChI=1S/C16H19N/c1-12-8-4-6-10-14(12)16(3,17)15-11-7-5-9-13(15)2/h4-11H,17H2,1-3H3. The third kappa shape index (κ3) is 2.11. The van der Waals surface area contributed by atoms with E-state index >= 15 is 0 Å². The van der Waals surface area contributed by atoms with E-state index in [9.17, 15) is 0 Å². The second kappa shape index (κ2) is 4.34. The molecule has 2 aromatic rings. The summed E-state index contributed by atoms with van der Waals surface area (Å²) in [5.74, 6) is 0. The lowest BCUT2D eigenvalue weighted by molar-refractivity contribution is 0.595. The van der Waals surface area contributed by atoms with Gasteiger partial charge in [-0.05, 0) is 43.0 Å². The Labute approximate surface area is 103 Å². The molecule has 0 aliphatic carbocycles. The van der Waals surface area contributed by atoms with Crippen LogP contribution in [0.2, 0.25) is 0 Å². The van der Waals surface area contributed by atoms with Crippen LogP contribution in [0.5, 0.6) is 0 Å². The smallest absolute Gasteiger partial charge is 0.0642 e. The molecule has 2 rings (SSSR count). The van der Waals surface area contributed by atoms with Crippen LogP contribution in [0.3, 0.4) is 0 Å². The summed E-state index contributed by atoms with van der Waals surface area (Å²) in [4.78, 5) is 0. The highest BCUT2D eigenvalue weighted by Crippen LogP contribution is 2.30. The molecular weight excluding hydrogens is 206 g/mol. The predicted octanol–water partition coefficient (Wildman–Crippen LogP) is 3.53. The van der Waals surface area contributed by atoms with E-state index in [2.05, 4.69) is 45.0 Å². The van der Waals surface area contributed by atoms with Crippen molar-refractivity contribution in [2.45, 2.75) is 26.3 Å². The number of rotatable bonds is 2. The Morgan fingerprint density at radius 3 is 1.47 bits per heavy atom. The van der Waals surface area contributed by atoms with Gasteiger partial charge in [0.25, 0.3) is 0 Å². The van der Waals surface area contributed by atoms with Crippen molar-refractivity contribution in [3.63, 3.8) is 0 Å². The van der Waals surface area contributed by atoms with Crippen molar-refractivity contribution >= 4 is 0 Å². The third-order valence-electron chi connectivity index (χ3n) is 3.41. The molecule has 0 aliphatic rings. The van der Waals surface area contributed by atoms with Gasteiger partial charge in [0.15, 0.2) is 0 Å². The van der Waals surface area contributed by atoms with E-state index < -0.39 is 5.54 Å². The van der Waals surface area contributed by atoms with E-state index in [-0.39, 0.29) is 0 Å². The molecule has 0 saturated carbocycles. The van der Waals surface area contributed by atoms with Gasteiger partial charge in [-0.1, -0.05) is 48.5 Å². The van der Waals surface area contributed by atoms with Crippen molar-refractivity contribution in [1.29, 1.82) is 0 Å². The summed E-state index contributed by atoms with van der Waals surface area (Å²) in [7, 11) is 0. The Morgan fingerprint density at radius 2 is 1.12 bits per heavy atom. The molecule has 0 aliphatic heterocycles. The average molecular weight is 225 g/mol. The van der Waals surface area contributed by atoms with Gasteiger partial charge >= 0.3 is 0 Å². The topological polar surface area (TPSA) is 26.0 Å². The van der Waals surface area contributed by atoms with Gasteiger partial charge in [0.2, 0.25) is 0 Å². The van der Waals surface area contributed by atoms with Crippen molar-refractivity contribution in [2.24, 2.45) is 5.73 Å². The quantitative estimate of drug-likeness (QED) is 0.831. The third-order valence-corrected chi connectivity index (χ3v) is 3.41. The molecular formula is C16H19N. The highest BCUT2D eigenvalue weighted by Gasteiger charge is 2.26. The first kappa shape index (κ1) is 11.9. The molecule has 0 fully saturated rings. The minimum Gasteiger partial charge on any atom is -0.318 e. The lowest BCUT2D eigenvalue weighted by Gasteiger charge is -2.29. The Morgan fingerprint density at radius 1 is 0.765 bits per heavy atom. The lowest BCUT2D eigenvalue weighted by atomic mass is 9.81. The van der Waals surface area contributed by atoms with E-state index in [0.29, 0.717) is 0 Å². The first-order chi connectivity index (χ1) is 8.03. The van der Waals surface area contributed by atoms with Gasteiger partial charge in [0.05, 0.1) is 5.54 Å². The summed E-state index contributed by atoms with van der Waals surface area (Å²) in [6.45, 7) is 6.30. The lowest BCUT2D eigenvalue weighted by Crippen LogP contribution is -2.35. The largest absolute Gasteiger partial charge is 0.318 e. The van der Waals surface area contributed by atoms with Crippen LogP contribution in [0.15, 0.2) is 48.5 Å². The Balaban J connectivity index is 2.58. The Hall–Kier alpha value is -1.60. The van der Waals surface area contributed by atoms with Gasteiger partial charge < -0.3 is 5.73 Å². The monoisotopic (exact) mass is 225 g/mol. The van der Waals surface area contributed by atoms with Crippen LogP contribution in [0.4, 0.5) is 0 Å². The SMILES string of the molecule is Cc1ccccc1C(C)(N)c1ccccc1C. The maximum absolute atomic E-state index is 6.56. The number of hydrogen-bond donors (Lipinski definition) is 1. The zero-order valence-electron chi connectivity index (χ0n) is 10.7. The minimum absolute atomic E-state index is 0.434. The van der Waals surface area contributed by atoms with Crippen LogP contribution in [0.1, 0.15) is 29.2 Å². The fourth-order valence-electron chi connectivity index (χ4n) is 2.46. The van der Waals surface area contributed by atoms with Crippen LogP contribution in [0.25, 0.3) is 0 Å². The fraction of sp³-hybridized carbons (Fsp3) is 0.250. The van der Waals surface area contributed by atoms with Crippen LogP contribution < -0.4 is 5.73 Å². The summed E-state index contributed by atoms with van der Waals surface area (Å²) in [6.07, 6.45) is 0. The first-order valence-electron chi connectivity index (χ1n) is 5.94. The molecule has 1 heteroatoms. The first-order valence-corrected chi connectivity index (χ1v) is 5.94. The molecule has 88 valence electrons. The average Bonchev–Trinajstić information content (AvgIpc) is 2.29. The number of benzene rings is 2. The molecule has 2 N–H and O–H groups in total. The van der Waals surface area contributed by atoms with Gasteiger partial charge in [-0.25, -0.2) is 0 Å². The molecule has 0 amide bonds. The normalized spacial score (nSPS) is 11.5. The highest BCUT2D eigenvalue weighted by molar-refractivity contribution is 5.44. The van der Waals surface area contributed by atoms with Gasteiger partial charge in [-0.3, -0.25) is 0 Å². The van der Waals surface area contributed by atoms with Gasteiger partial charge in [0, 0.05) is 0 Å². The minimum atomic E-state index is -0.434. The van der Waals surface area contributed by atoms with Gasteiger partial charge in [0.1, 0.15) is 0 Å². The van der Waals surface area contributed by atoms with E-state index in [1.165, 1.54) is 22.3 Å². The molecule has 0 unspecified atom stereocenters. The molecule has 0 spiro atoms. The molecule has 0 heterocycles.